The minimum atomic E-state index is 0.323. The molecule has 0 spiro atoms. The molecule has 1 unspecified atom stereocenters. The Morgan fingerprint density at radius 2 is 2.05 bits per heavy atom. The molecular weight excluding hydrogens is 238 g/mol. The highest BCUT2D eigenvalue weighted by atomic mass is 16.5. The van der Waals surface area contributed by atoms with Crippen LogP contribution >= 0.6 is 0 Å². The molecule has 1 N–H and O–H groups in total. The summed E-state index contributed by atoms with van der Waals surface area (Å²) in [5, 5.41) is 3.16. The SMILES string of the molecule is CNc1cc(C2CCCC2)nc(CC2CCCO2)n1. The molecule has 2 aliphatic rings. The first kappa shape index (κ1) is 12.9. The maximum absolute atomic E-state index is 5.70. The van der Waals surface area contributed by atoms with Crippen molar-refractivity contribution in [2.45, 2.75) is 57.0 Å². The highest BCUT2D eigenvalue weighted by molar-refractivity contribution is 5.36. The van der Waals surface area contributed by atoms with Gasteiger partial charge in [0.25, 0.3) is 0 Å². The second kappa shape index (κ2) is 5.87. The molecule has 19 heavy (non-hydrogen) atoms. The summed E-state index contributed by atoms with van der Waals surface area (Å²) < 4.78 is 5.70. The zero-order valence-electron chi connectivity index (χ0n) is 11.7. The van der Waals surface area contributed by atoms with Crippen LogP contribution in [0.25, 0.3) is 0 Å². The van der Waals surface area contributed by atoms with Crippen molar-refractivity contribution in [2.24, 2.45) is 0 Å². The van der Waals surface area contributed by atoms with Gasteiger partial charge in [0.05, 0.1) is 6.10 Å². The zero-order valence-corrected chi connectivity index (χ0v) is 11.7. The fourth-order valence-corrected chi connectivity index (χ4v) is 3.18. The van der Waals surface area contributed by atoms with E-state index in [0.717, 1.165) is 31.1 Å². The molecule has 1 aliphatic heterocycles. The number of nitrogens with one attached hydrogen (secondary N) is 1. The van der Waals surface area contributed by atoms with Gasteiger partial charge >= 0.3 is 0 Å². The highest BCUT2D eigenvalue weighted by Crippen LogP contribution is 2.33. The summed E-state index contributed by atoms with van der Waals surface area (Å²) in [4.78, 5) is 9.38. The second-order valence-electron chi connectivity index (χ2n) is 5.66. The van der Waals surface area contributed by atoms with Crippen molar-refractivity contribution in [2.75, 3.05) is 19.0 Å². The van der Waals surface area contributed by atoms with E-state index in [9.17, 15) is 0 Å². The van der Waals surface area contributed by atoms with Crippen LogP contribution < -0.4 is 5.32 Å². The van der Waals surface area contributed by atoms with E-state index in [-0.39, 0.29) is 0 Å². The van der Waals surface area contributed by atoms with Gasteiger partial charge in [-0.2, -0.15) is 0 Å². The van der Waals surface area contributed by atoms with E-state index >= 15 is 0 Å². The molecule has 0 radical (unpaired) electrons. The van der Waals surface area contributed by atoms with Crippen molar-refractivity contribution in [1.29, 1.82) is 0 Å². The molecule has 1 aliphatic carbocycles. The number of hydrogen-bond donors (Lipinski definition) is 1. The third-order valence-corrected chi connectivity index (χ3v) is 4.26. The molecule has 1 aromatic heterocycles. The van der Waals surface area contributed by atoms with Gasteiger partial charge in [-0.25, -0.2) is 9.97 Å². The molecule has 4 nitrogen and oxygen atoms in total. The highest BCUT2D eigenvalue weighted by Gasteiger charge is 2.22. The Hall–Kier alpha value is -1.16. The third kappa shape index (κ3) is 3.06. The molecule has 2 fully saturated rings. The number of nitrogens with zero attached hydrogens (tertiary/aromatic N) is 2. The van der Waals surface area contributed by atoms with Crippen molar-refractivity contribution < 1.29 is 4.74 Å². The Morgan fingerprint density at radius 1 is 1.21 bits per heavy atom. The van der Waals surface area contributed by atoms with Crippen molar-refractivity contribution in [1.82, 2.24) is 9.97 Å². The number of ether oxygens (including phenoxy) is 1. The third-order valence-electron chi connectivity index (χ3n) is 4.26. The molecule has 0 amide bonds. The van der Waals surface area contributed by atoms with Gasteiger partial charge in [-0.05, 0) is 25.7 Å². The number of rotatable bonds is 4. The smallest absolute Gasteiger partial charge is 0.133 e. The number of aromatic nitrogens is 2. The Bertz CT molecular complexity index is 423. The first-order chi connectivity index (χ1) is 9.35. The van der Waals surface area contributed by atoms with Crippen LogP contribution in [0.2, 0.25) is 0 Å². The first-order valence-electron chi connectivity index (χ1n) is 7.52. The molecule has 2 heterocycles. The van der Waals surface area contributed by atoms with E-state index in [2.05, 4.69) is 16.4 Å². The van der Waals surface area contributed by atoms with Gasteiger partial charge in [0.15, 0.2) is 0 Å². The molecule has 1 saturated heterocycles. The first-order valence-corrected chi connectivity index (χ1v) is 7.52. The Kier molecular flexibility index (Phi) is 3.97. The normalized spacial score (nSPS) is 23.9. The van der Waals surface area contributed by atoms with Crippen LogP contribution in [-0.2, 0) is 11.2 Å². The van der Waals surface area contributed by atoms with Crippen molar-refractivity contribution >= 4 is 5.82 Å². The molecule has 1 aromatic rings. The number of anilines is 1. The molecule has 104 valence electrons. The lowest BCUT2D eigenvalue weighted by atomic mass is 10.0. The van der Waals surface area contributed by atoms with Crippen LogP contribution in [0.5, 0.6) is 0 Å². The molecule has 0 bridgehead atoms. The molecule has 0 aromatic carbocycles. The van der Waals surface area contributed by atoms with Crippen LogP contribution in [0.3, 0.4) is 0 Å². The molecular formula is C15H23N3O. The predicted molar refractivity (Wildman–Crippen MR) is 75.5 cm³/mol. The van der Waals surface area contributed by atoms with Crippen molar-refractivity contribution in [3.05, 3.63) is 17.6 Å². The van der Waals surface area contributed by atoms with E-state index in [1.54, 1.807) is 0 Å². The largest absolute Gasteiger partial charge is 0.378 e. The second-order valence-corrected chi connectivity index (χ2v) is 5.66. The average Bonchev–Trinajstić information content (AvgIpc) is 3.11. The van der Waals surface area contributed by atoms with Gasteiger partial charge in [0.2, 0.25) is 0 Å². The lowest BCUT2D eigenvalue weighted by Gasteiger charge is -2.14. The van der Waals surface area contributed by atoms with Gasteiger partial charge in [0, 0.05) is 37.8 Å². The maximum Gasteiger partial charge on any atom is 0.133 e. The van der Waals surface area contributed by atoms with Gasteiger partial charge < -0.3 is 10.1 Å². The fraction of sp³-hybridized carbons (Fsp3) is 0.733. The zero-order chi connectivity index (χ0) is 13.1. The standard InChI is InChI=1S/C15H23N3O/c1-16-14-10-13(11-5-2-3-6-11)17-15(18-14)9-12-7-4-8-19-12/h10-12H,2-9H2,1H3,(H,16,17,18). The Balaban J connectivity index is 1.79. The van der Waals surface area contributed by atoms with Gasteiger partial charge in [-0.3, -0.25) is 0 Å². The Labute approximate surface area is 115 Å². The lowest BCUT2D eigenvalue weighted by Crippen LogP contribution is -2.14. The maximum atomic E-state index is 5.70. The van der Waals surface area contributed by atoms with Crippen LogP contribution in [0.1, 0.15) is 56.0 Å². The molecule has 1 saturated carbocycles. The summed E-state index contributed by atoms with van der Waals surface area (Å²) >= 11 is 0. The fourth-order valence-electron chi connectivity index (χ4n) is 3.18. The summed E-state index contributed by atoms with van der Waals surface area (Å²) in [5.41, 5.74) is 1.23. The minimum absolute atomic E-state index is 0.323. The number of hydrogen-bond acceptors (Lipinski definition) is 4. The van der Waals surface area contributed by atoms with Gasteiger partial charge in [0.1, 0.15) is 11.6 Å². The van der Waals surface area contributed by atoms with Crippen molar-refractivity contribution in [3.8, 4) is 0 Å². The average molecular weight is 261 g/mol. The van der Waals surface area contributed by atoms with E-state index in [1.165, 1.54) is 37.8 Å². The quantitative estimate of drug-likeness (QED) is 0.905. The van der Waals surface area contributed by atoms with E-state index in [0.29, 0.717) is 12.0 Å². The summed E-state index contributed by atoms with van der Waals surface area (Å²) in [6, 6.07) is 2.12. The summed E-state index contributed by atoms with van der Waals surface area (Å²) in [6.07, 6.45) is 8.73. The monoisotopic (exact) mass is 261 g/mol. The lowest BCUT2D eigenvalue weighted by molar-refractivity contribution is 0.110. The predicted octanol–water partition coefficient (Wildman–Crippen LogP) is 2.90. The molecule has 1 atom stereocenters. The van der Waals surface area contributed by atoms with E-state index in [1.807, 2.05) is 7.05 Å². The van der Waals surface area contributed by atoms with Crippen LogP contribution in [0.4, 0.5) is 5.82 Å². The summed E-state index contributed by atoms with van der Waals surface area (Å²) in [6.45, 7) is 0.895. The van der Waals surface area contributed by atoms with Crippen LogP contribution in [-0.4, -0.2) is 29.7 Å². The minimum Gasteiger partial charge on any atom is -0.378 e. The summed E-state index contributed by atoms with van der Waals surface area (Å²) in [7, 11) is 1.93. The van der Waals surface area contributed by atoms with Crippen LogP contribution in [0, 0.1) is 0 Å². The van der Waals surface area contributed by atoms with Gasteiger partial charge in [-0.1, -0.05) is 12.8 Å². The topological polar surface area (TPSA) is 47.0 Å². The summed E-state index contributed by atoms with van der Waals surface area (Å²) in [5.74, 6) is 2.53. The van der Waals surface area contributed by atoms with Crippen molar-refractivity contribution in [3.63, 3.8) is 0 Å². The van der Waals surface area contributed by atoms with E-state index < -0.39 is 0 Å². The molecule has 4 heteroatoms. The Morgan fingerprint density at radius 3 is 2.74 bits per heavy atom. The van der Waals surface area contributed by atoms with E-state index in [4.69, 9.17) is 9.72 Å². The molecule has 3 rings (SSSR count). The van der Waals surface area contributed by atoms with Crippen LogP contribution in [0.15, 0.2) is 6.07 Å². The van der Waals surface area contributed by atoms with Gasteiger partial charge in [-0.15, -0.1) is 0 Å².